The number of anilines is 1. The Balaban J connectivity index is 1.78. The van der Waals surface area contributed by atoms with Crippen LogP contribution >= 0.6 is 11.6 Å². The molecule has 3 rings (SSSR count). The van der Waals surface area contributed by atoms with Crippen molar-refractivity contribution in [3.8, 4) is 17.2 Å². The lowest BCUT2D eigenvalue weighted by Gasteiger charge is -2.31. The van der Waals surface area contributed by atoms with Gasteiger partial charge in [0.1, 0.15) is 13.1 Å². The monoisotopic (exact) mass is 417 g/mol. The van der Waals surface area contributed by atoms with Gasteiger partial charge < -0.3 is 19.1 Å². The Kier molecular flexibility index (Phi) is 6.23. The van der Waals surface area contributed by atoms with Crippen LogP contribution in [-0.2, 0) is 9.59 Å². The molecule has 2 aromatic carbocycles. The number of hydrogen-bond acceptors (Lipinski definition) is 6. The van der Waals surface area contributed by atoms with Crippen LogP contribution in [-0.4, -0.2) is 57.5 Å². The zero-order valence-corrected chi connectivity index (χ0v) is 17.0. The van der Waals surface area contributed by atoms with Crippen molar-refractivity contribution in [2.45, 2.75) is 0 Å². The van der Waals surface area contributed by atoms with Gasteiger partial charge in [-0.1, -0.05) is 11.6 Å². The van der Waals surface area contributed by atoms with Gasteiger partial charge in [-0.05, 0) is 36.4 Å². The minimum absolute atomic E-state index is 0.104. The lowest BCUT2D eigenvalue weighted by Crippen LogP contribution is -2.52. The Morgan fingerprint density at radius 2 is 1.55 bits per heavy atom. The van der Waals surface area contributed by atoms with Gasteiger partial charge in [0.15, 0.2) is 11.5 Å². The number of benzene rings is 2. The number of hydrogen-bond donors (Lipinski definition) is 0. The molecule has 0 N–H and O–H groups in total. The fourth-order valence-electron chi connectivity index (χ4n) is 2.88. The van der Waals surface area contributed by atoms with Gasteiger partial charge in [0.25, 0.3) is 5.91 Å². The average molecular weight is 418 g/mol. The van der Waals surface area contributed by atoms with E-state index in [9.17, 15) is 9.59 Å². The first-order valence-electron chi connectivity index (χ1n) is 8.67. The van der Waals surface area contributed by atoms with Crippen molar-refractivity contribution in [1.29, 1.82) is 0 Å². The van der Waals surface area contributed by atoms with Crippen LogP contribution < -0.4 is 19.1 Å². The van der Waals surface area contributed by atoms with Crippen LogP contribution in [0.15, 0.2) is 41.5 Å². The maximum absolute atomic E-state index is 12.5. The molecular weight excluding hydrogens is 398 g/mol. The van der Waals surface area contributed by atoms with E-state index in [1.165, 1.54) is 32.4 Å². The summed E-state index contributed by atoms with van der Waals surface area (Å²) < 4.78 is 15.9. The smallest absolute Gasteiger partial charge is 0.263 e. The first-order chi connectivity index (χ1) is 14.0. The van der Waals surface area contributed by atoms with Crippen LogP contribution in [0.1, 0.15) is 5.56 Å². The number of ether oxygens (including phenoxy) is 3. The van der Waals surface area contributed by atoms with E-state index in [4.69, 9.17) is 25.8 Å². The molecule has 1 aliphatic rings. The first-order valence-corrected chi connectivity index (χ1v) is 9.05. The number of nitrogens with zero attached hydrogens (tertiary/aromatic N) is 3. The average Bonchev–Trinajstić information content (AvgIpc) is 2.73. The third-order valence-electron chi connectivity index (χ3n) is 4.34. The van der Waals surface area contributed by atoms with Gasteiger partial charge >= 0.3 is 0 Å². The molecule has 0 spiro atoms. The number of halogens is 1. The van der Waals surface area contributed by atoms with Crippen molar-refractivity contribution >= 4 is 35.3 Å². The van der Waals surface area contributed by atoms with Crippen molar-refractivity contribution in [3.63, 3.8) is 0 Å². The number of amides is 2. The predicted molar refractivity (Wildman–Crippen MR) is 109 cm³/mol. The minimum atomic E-state index is -0.303. The quantitative estimate of drug-likeness (QED) is 0.675. The Labute approximate surface area is 173 Å². The molecule has 2 amide bonds. The molecule has 1 fully saturated rings. The lowest BCUT2D eigenvalue weighted by atomic mass is 10.2. The van der Waals surface area contributed by atoms with Crippen LogP contribution in [0.3, 0.4) is 0 Å². The van der Waals surface area contributed by atoms with Crippen molar-refractivity contribution in [2.75, 3.05) is 39.3 Å². The summed E-state index contributed by atoms with van der Waals surface area (Å²) in [6.07, 6.45) is 1.47. The molecule has 0 saturated carbocycles. The van der Waals surface area contributed by atoms with Gasteiger partial charge in [-0.25, -0.2) is 5.01 Å². The van der Waals surface area contributed by atoms with Crippen molar-refractivity contribution in [1.82, 2.24) is 5.01 Å². The Morgan fingerprint density at radius 3 is 2.10 bits per heavy atom. The fraction of sp³-hybridized carbons (Fsp3) is 0.250. The summed E-state index contributed by atoms with van der Waals surface area (Å²) in [7, 11) is 4.53. The van der Waals surface area contributed by atoms with Crippen LogP contribution in [0, 0.1) is 0 Å². The third kappa shape index (κ3) is 4.43. The second kappa shape index (κ2) is 8.83. The molecule has 1 heterocycles. The van der Waals surface area contributed by atoms with Gasteiger partial charge in [0.05, 0.1) is 27.5 Å². The maximum atomic E-state index is 12.5. The molecular formula is C20H20ClN3O5. The molecule has 1 aliphatic heterocycles. The van der Waals surface area contributed by atoms with E-state index in [2.05, 4.69) is 5.10 Å². The van der Waals surface area contributed by atoms with Crippen LogP contribution in [0.25, 0.3) is 0 Å². The minimum Gasteiger partial charge on any atom is -0.493 e. The molecule has 29 heavy (non-hydrogen) atoms. The second-order valence-electron chi connectivity index (χ2n) is 6.11. The van der Waals surface area contributed by atoms with E-state index < -0.39 is 0 Å². The Bertz CT molecular complexity index is 921. The van der Waals surface area contributed by atoms with Gasteiger partial charge in [-0.3, -0.25) is 9.59 Å². The summed E-state index contributed by atoms with van der Waals surface area (Å²) in [5.41, 5.74) is 1.24. The van der Waals surface area contributed by atoms with Crippen LogP contribution in [0.5, 0.6) is 17.2 Å². The predicted octanol–water partition coefficient (Wildman–Crippen LogP) is 2.58. The normalized spacial score (nSPS) is 14.5. The lowest BCUT2D eigenvalue weighted by molar-refractivity contribution is -0.138. The number of carbonyl (C=O) groups excluding carboxylic acids is 2. The topological polar surface area (TPSA) is 80.7 Å². The highest BCUT2D eigenvalue weighted by molar-refractivity contribution is 6.30. The van der Waals surface area contributed by atoms with Crippen molar-refractivity contribution in [3.05, 3.63) is 47.0 Å². The van der Waals surface area contributed by atoms with E-state index >= 15 is 0 Å². The summed E-state index contributed by atoms with van der Waals surface area (Å²) in [6.45, 7) is -0.268. The molecule has 0 unspecified atom stereocenters. The molecule has 0 atom stereocenters. The van der Waals surface area contributed by atoms with Crippen molar-refractivity contribution < 1.29 is 23.8 Å². The van der Waals surface area contributed by atoms with Crippen LogP contribution in [0.2, 0.25) is 5.02 Å². The standard InChI is InChI=1S/C20H20ClN3O5/c1-27-16-8-13(9-17(28-2)20(16)29-3)10-22-24-12-18(25)23(11-19(24)26)15-6-4-14(21)5-7-15/h4-10H,11-12H2,1-3H3/b22-10+. The number of rotatable bonds is 6. The maximum Gasteiger partial charge on any atom is 0.263 e. The summed E-state index contributed by atoms with van der Waals surface area (Å²) in [5.74, 6) is 0.832. The van der Waals surface area contributed by atoms with E-state index in [-0.39, 0.29) is 24.9 Å². The van der Waals surface area contributed by atoms with Crippen molar-refractivity contribution in [2.24, 2.45) is 5.10 Å². The van der Waals surface area contributed by atoms with Gasteiger partial charge in [-0.15, -0.1) is 0 Å². The molecule has 0 bridgehead atoms. The molecule has 1 saturated heterocycles. The van der Waals surface area contributed by atoms with E-state index in [1.807, 2.05) is 0 Å². The van der Waals surface area contributed by atoms with Gasteiger partial charge in [0.2, 0.25) is 11.7 Å². The van der Waals surface area contributed by atoms with E-state index in [0.29, 0.717) is 33.5 Å². The highest BCUT2D eigenvalue weighted by Gasteiger charge is 2.30. The number of methoxy groups -OCH3 is 3. The van der Waals surface area contributed by atoms with Gasteiger partial charge in [-0.2, -0.15) is 5.10 Å². The zero-order chi connectivity index (χ0) is 21.0. The molecule has 2 aromatic rings. The third-order valence-corrected chi connectivity index (χ3v) is 4.59. The SMILES string of the molecule is COc1cc(/C=N/N2CC(=O)N(c3ccc(Cl)cc3)CC2=O)cc(OC)c1OC. The summed E-state index contributed by atoms with van der Waals surface area (Å²) in [4.78, 5) is 26.4. The zero-order valence-electron chi connectivity index (χ0n) is 16.2. The Morgan fingerprint density at radius 1 is 0.931 bits per heavy atom. The number of piperazine rings is 1. The molecule has 152 valence electrons. The molecule has 0 radical (unpaired) electrons. The highest BCUT2D eigenvalue weighted by Crippen LogP contribution is 2.37. The first kappa shape index (κ1) is 20.5. The van der Waals surface area contributed by atoms with E-state index in [1.54, 1.807) is 36.4 Å². The summed E-state index contributed by atoms with van der Waals surface area (Å²) in [5, 5.41) is 5.87. The fourth-order valence-corrected chi connectivity index (χ4v) is 3.01. The number of hydrazone groups is 1. The summed E-state index contributed by atoms with van der Waals surface area (Å²) in [6, 6.07) is 10.1. The number of carbonyl (C=O) groups is 2. The summed E-state index contributed by atoms with van der Waals surface area (Å²) >= 11 is 5.88. The van der Waals surface area contributed by atoms with Gasteiger partial charge in [0, 0.05) is 16.3 Å². The molecule has 0 aromatic heterocycles. The molecule has 0 aliphatic carbocycles. The Hall–Kier alpha value is -3.26. The highest BCUT2D eigenvalue weighted by atomic mass is 35.5. The molecule has 8 nitrogen and oxygen atoms in total. The second-order valence-corrected chi connectivity index (χ2v) is 6.55. The largest absolute Gasteiger partial charge is 0.493 e. The molecule has 9 heteroatoms. The van der Waals surface area contributed by atoms with E-state index in [0.717, 1.165) is 5.01 Å². The van der Waals surface area contributed by atoms with Crippen LogP contribution in [0.4, 0.5) is 5.69 Å².